The zero-order valence-corrected chi connectivity index (χ0v) is 13.3. The van der Waals surface area contributed by atoms with E-state index in [-0.39, 0.29) is 24.4 Å². The van der Waals surface area contributed by atoms with Crippen LogP contribution in [0.4, 0.5) is 0 Å². The molecule has 0 aliphatic rings. The van der Waals surface area contributed by atoms with Gasteiger partial charge in [0.1, 0.15) is 0 Å². The molecule has 118 valence electrons. The number of rotatable bonds is 6. The van der Waals surface area contributed by atoms with Gasteiger partial charge in [-0.1, -0.05) is 18.2 Å². The maximum atomic E-state index is 11.8. The molecule has 0 saturated heterocycles. The smallest absolute Gasteiger partial charge is 0.239 e. The molecular weight excluding hydrogens is 278 g/mol. The van der Waals surface area contributed by atoms with Crippen LogP contribution in [0.2, 0.25) is 0 Å². The van der Waals surface area contributed by atoms with Gasteiger partial charge < -0.3 is 15.2 Å². The topological polar surface area (TPSA) is 65.2 Å². The predicted molar refractivity (Wildman–Crippen MR) is 87.5 cm³/mol. The number of aromatic amines is 1. The summed E-state index contributed by atoms with van der Waals surface area (Å²) in [5, 5.41) is 3.98. The maximum absolute atomic E-state index is 11.8. The minimum absolute atomic E-state index is 0.0786. The number of hydrogen-bond acceptors (Lipinski definition) is 2. The summed E-state index contributed by atoms with van der Waals surface area (Å²) in [5.41, 5.74) is 2.25. The second-order valence-corrected chi connectivity index (χ2v) is 5.77. The number of fused-ring (bicyclic) bond motifs is 1. The molecule has 0 aliphatic heterocycles. The molecule has 0 aliphatic carbocycles. The van der Waals surface area contributed by atoms with Gasteiger partial charge >= 0.3 is 0 Å². The number of amides is 2. The van der Waals surface area contributed by atoms with E-state index in [4.69, 9.17) is 0 Å². The molecule has 0 radical (unpaired) electrons. The number of H-pyrrole nitrogens is 1. The summed E-state index contributed by atoms with van der Waals surface area (Å²) in [5.74, 6) is -0.206. The average molecular weight is 301 g/mol. The van der Waals surface area contributed by atoms with Gasteiger partial charge in [0.2, 0.25) is 11.8 Å². The van der Waals surface area contributed by atoms with Gasteiger partial charge in [0.15, 0.2) is 0 Å². The zero-order chi connectivity index (χ0) is 16.1. The molecule has 0 saturated carbocycles. The lowest BCUT2D eigenvalue weighted by molar-refractivity contribution is -0.134. The molecule has 5 nitrogen and oxygen atoms in total. The Morgan fingerprint density at radius 2 is 2.00 bits per heavy atom. The van der Waals surface area contributed by atoms with Gasteiger partial charge in [0.05, 0.1) is 6.54 Å². The number of carbonyl (C=O) groups is 2. The lowest BCUT2D eigenvalue weighted by Crippen LogP contribution is -2.42. The number of benzene rings is 1. The molecule has 2 rings (SSSR count). The van der Waals surface area contributed by atoms with Crippen molar-refractivity contribution < 1.29 is 9.59 Å². The number of carbonyl (C=O) groups excluding carboxylic acids is 2. The summed E-state index contributed by atoms with van der Waals surface area (Å²) < 4.78 is 0. The van der Waals surface area contributed by atoms with Crippen LogP contribution < -0.4 is 5.32 Å². The zero-order valence-electron chi connectivity index (χ0n) is 13.3. The Labute approximate surface area is 130 Å². The van der Waals surface area contributed by atoms with E-state index in [1.807, 2.05) is 38.2 Å². The van der Waals surface area contributed by atoms with Crippen molar-refractivity contribution >= 4 is 22.7 Å². The third-order valence-corrected chi connectivity index (χ3v) is 3.56. The summed E-state index contributed by atoms with van der Waals surface area (Å²) >= 11 is 0. The van der Waals surface area contributed by atoms with Gasteiger partial charge in [-0.3, -0.25) is 9.59 Å². The van der Waals surface area contributed by atoms with Gasteiger partial charge in [-0.2, -0.15) is 0 Å². The van der Waals surface area contributed by atoms with Crippen LogP contribution in [0.5, 0.6) is 0 Å². The Morgan fingerprint density at radius 3 is 2.68 bits per heavy atom. The van der Waals surface area contributed by atoms with E-state index in [0.717, 1.165) is 22.9 Å². The predicted octanol–water partition coefficient (Wildman–Crippen LogP) is 2.08. The van der Waals surface area contributed by atoms with Crippen LogP contribution in [0.3, 0.4) is 0 Å². The van der Waals surface area contributed by atoms with Gasteiger partial charge in [-0.15, -0.1) is 0 Å². The number of aromatic nitrogens is 1. The number of nitrogens with one attached hydrogen (secondary N) is 2. The molecule has 0 bridgehead atoms. The molecular formula is C17H23N3O2. The van der Waals surface area contributed by atoms with Crippen LogP contribution in [-0.2, 0) is 16.0 Å². The van der Waals surface area contributed by atoms with Crippen LogP contribution >= 0.6 is 0 Å². The number of nitrogens with zero attached hydrogens (tertiary/aromatic N) is 1. The summed E-state index contributed by atoms with van der Waals surface area (Å²) in [6.07, 6.45) is 2.69. The first-order valence-electron chi connectivity index (χ1n) is 7.57. The van der Waals surface area contributed by atoms with Crippen LogP contribution in [-0.4, -0.2) is 40.8 Å². The first-order chi connectivity index (χ1) is 10.5. The van der Waals surface area contributed by atoms with Crippen LogP contribution in [0, 0.1) is 0 Å². The number of hydrogen-bond donors (Lipinski definition) is 2. The highest BCUT2D eigenvalue weighted by Gasteiger charge is 2.15. The summed E-state index contributed by atoms with van der Waals surface area (Å²) in [6, 6.07) is 8.15. The van der Waals surface area contributed by atoms with E-state index in [1.54, 1.807) is 4.90 Å². The van der Waals surface area contributed by atoms with E-state index >= 15 is 0 Å². The van der Waals surface area contributed by atoms with Crippen LogP contribution in [0.15, 0.2) is 30.5 Å². The summed E-state index contributed by atoms with van der Waals surface area (Å²) in [6.45, 7) is 5.94. The van der Waals surface area contributed by atoms with Crippen LogP contribution in [0.25, 0.3) is 10.9 Å². The molecule has 5 heteroatoms. The minimum atomic E-state index is -0.121. The van der Waals surface area contributed by atoms with Gasteiger partial charge in [-0.25, -0.2) is 0 Å². The molecule has 2 amide bonds. The highest BCUT2D eigenvalue weighted by Crippen LogP contribution is 2.18. The molecule has 0 atom stereocenters. The standard InChI is InChI=1S/C17H23N3O2/c1-12(2)19-17(22)11-20(13(3)21)9-8-14-10-18-16-7-5-4-6-15(14)16/h4-7,10,12,18H,8-9,11H2,1-3H3,(H,19,22). The van der Waals surface area contributed by atoms with Crippen LogP contribution in [0.1, 0.15) is 26.3 Å². The Hall–Kier alpha value is -2.30. The van der Waals surface area contributed by atoms with Gasteiger partial charge in [0, 0.05) is 36.6 Å². The van der Waals surface area contributed by atoms with Gasteiger partial charge in [-0.05, 0) is 31.9 Å². The second kappa shape index (κ2) is 7.11. The Kier molecular flexibility index (Phi) is 5.20. The first-order valence-corrected chi connectivity index (χ1v) is 7.57. The third kappa shape index (κ3) is 4.10. The molecule has 0 fully saturated rings. The van der Waals surface area contributed by atoms with E-state index in [0.29, 0.717) is 6.54 Å². The van der Waals surface area contributed by atoms with Gasteiger partial charge in [0.25, 0.3) is 0 Å². The molecule has 0 spiro atoms. The summed E-state index contributed by atoms with van der Waals surface area (Å²) in [4.78, 5) is 28.4. The highest BCUT2D eigenvalue weighted by molar-refractivity contribution is 5.84. The Morgan fingerprint density at radius 1 is 1.27 bits per heavy atom. The van der Waals surface area contributed by atoms with E-state index in [9.17, 15) is 9.59 Å². The molecule has 22 heavy (non-hydrogen) atoms. The Bertz CT molecular complexity index is 661. The fourth-order valence-corrected chi connectivity index (χ4v) is 2.48. The van der Waals surface area contributed by atoms with Crippen molar-refractivity contribution in [2.45, 2.75) is 33.2 Å². The van der Waals surface area contributed by atoms with Crippen molar-refractivity contribution in [1.29, 1.82) is 0 Å². The van der Waals surface area contributed by atoms with E-state index in [2.05, 4.69) is 16.4 Å². The molecule has 0 unspecified atom stereocenters. The van der Waals surface area contributed by atoms with Crippen molar-refractivity contribution in [1.82, 2.24) is 15.2 Å². The lowest BCUT2D eigenvalue weighted by atomic mass is 10.1. The normalized spacial score (nSPS) is 10.9. The van der Waals surface area contributed by atoms with E-state index in [1.165, 1.54) is 6.92 Å². The van der Waals surface area contributed by atoms with Crippen molar-refractivity contribution in [3.05, 3.63) is 36.0 Å². The maximum Gasteiger partial charge on any atom is 0.239 e. The third-order valence-electron chi connectivity index (χ3n) is 3.56. The van der Waals surface area contributed by atoms with E-state index < -0.39 is 0 Å². The fourth-order valence-electron chi connectivity index (χ4n) is 2.48. The average Bonchev–Trinajstić information content (AvgIpc) is 2.85. The van der Waals surface area contributed by atoms with Crippen molar-refractivity contribution in [3.63, 3.8) is 0 Å². The molecule has 2 N–H and O–H groups in total. The quantitative estimate of drug-likeness (QED) is 0.858. The molecule has 2 aromatic rings. The molecule has 1 heterocycles. The highest BCUT2D eigenvalue weighted by atomic mass is 16.2. The monoisotopic (exact) mass is 301 g/mol. The van der Waals surface area contributed by atoms with Crippen molar-refractivity contribution in [2.24, 2.45) is 0 Å². The fraction of sp³-hybridized carbons (Fsp3) is 0.412. The second-order valence-electron chi connectivity index (χ2n) is 5.77. The first kappa shape index (κ1) is 16.1. The lowest BCUT2D eigenvalue weighted by Gasteiger charge is -2.21. The largest absolute Gasteiger partial charge is 0.361 e. The SMILES string of the molecule is CC(=O)N(CCc1c[nH]c2ccccc12)CC(=O)NC(C)C. The van der Waals surface area contributed by atoms with Crippen molar-refractivity contribution in [3.8, 4) is 0 Å². The summed E-state index contributed by atoms with van der Waals surface area (Å²) in [7, 11) is 0. The number of para-hydroxylation sites is 1. The molecule has 1 aromatic carbocycles. The Balaban J connectivity index is 2.00. The molecule has 1 aromatic heterocycles. The minimum Gasteiger partial charge on any atom is -0.361 e. The van der Waals surface area contributed by atoms with Crippen molar-refractivity contribution in [2.75, 3.05) is 13.1 Å².